The smallest absolute Gasteiger partial charge is 0.0457 e. The third-order valence-electron chi connectivity index (χ3n) is 3.86. The third kappa shape index (κ3) is 3.62. The Bertz CT molecular complexity index is 520. The number of H-pyrrole nitrogens is 1. The zero-order chi connectivity index (χ0) is 14.5. The lowest BCUT2D eigenvalue weighted by molar-refractivity contribution is 0.176. The van der Waals surface area contributed by atoms with E-state index < -0.39 is 0 Å². The number of nitrogens with one attached hydrogen (secondary N) is 2. The third-order valence-corrected chi connectivity index (χ3v) is 3.86. The Morgan fingerprint density at radius 1 is 1.10 bits per heavy atom. The summed E-state index contributed by atoms with van der Waals surface area (Å²) < 4.78 is 0. The van der Waals surface area contributed by atoms with Crippen molar-refractivity contribution in [2.75, 3.05) is 13.1 Å². The van der Waals surface area contributed by atoms with Crippen LogP contribution in [-0.4, -0.2) is 35.1 Å². The summed E-state index contributed by atoms with van der Waals surface area (Å²) in [4.78, 5) is 5.84. The van der Waals surface area contributed by atoms with Crippen molar-refractivity contribution in [1.82, 2.24) is 15.2 Å². The van der Waals surface area contributed by atoms with Crippen LogP contribution in [0.25, 0.3) is 10.9 Å². The standard InChI is InChI=1S/C17H27N3/c1-13(2)20(14(3)4)10-9-18-11-15-12-19-17-8-6-5-7-16(15)17/h5-8,12-14,18-19H,9-11H2,1-4H3. The molecule has 0 saturated carbocycles. The summed E-state index contributed by atoms with van der Waals surface area (Å²) >= 11 is 0. The van der Waals surface area contributed by atoms with Gasteiger partial charge in [-0.3, -0.25) is 4.90 Å². The maximum absolute atomic E-state index is 3.56. The lowest BCUT2D eigenvalue weighted by atomic mass is 10.2. The largest absolute Gasteiger partial charge is 0.361 e. The molecule has 1 heterocycles. The summed E-state index contributed by atoms with van der Waals surface area (Å²) in [6.45, 7) is 12.1. The van der Waals surface area contributed by atoms with E-state index in [9.17, 15) is 0 Å². The fourth-order valence-electron chi connectivity index (χ4n) is 2.82. The zero-order valence-electron chi connectivity index (χ0n) is 13.1. The predicted molar refractivity (Wildman–Crippen MR) is 87.0 cm³/mol. The van der Waals surface area contributed by atoms with Gasteiger partial charge in [0, 0.05) is 48.8 Å². The van der Waals surface area contributed by atoms with Crippen LogP contribution in [0.5, 0.6) is 0 Å². The average molecular weight is 273 g/mol. The monoisotopic (exact) mass is 273 g/mol. The highest BCUT2D eigenvalue weighted by Gasteiger charge is 2.12. The lowest BCUT2D eigenvalue weighted by Crippen LogP contribution is -2.41. The van der Waals surface area contributed by atoms with Gasteiger partial charge < -0.3 is 10.3 Å². The summed E-state index contributed by atoms with van der Waals surface area (Å²) in [7, 11) is 0. The van der Waals surface area contributed by atoms with Gasteiger partial charge in [-0.1, -0.05) is 18.2 Å². The minimum Gasteiger partial charge on any atom is -0.361 e. The molecule has 2 aromatic rings. The maximum Gasteiger partial charge on any atom is 0.0457 e. The summed E-state index contributed by atoms with van der Waals surface area (Å²) in [5, 5.41) is 4.88. The van der Waals surface area contributed by atoms with Gasteiger partial charge in [0.1, 0.15) is 0 Å². The number of hydrogen-bond donors (Lipinski definition) is 2. The molecule has 0 saturated heterocycles. The molecule has 3 heteroatoms. The number of rotatable bonds is 7. The second kappa shape index (κ2) is 6.91. The van der Waals surface area contributed by atoms with Crippen molar-refractivity contribution in [3.8, 4) is 0 Å². The minimum absolute atomic E-state index is 0.602. The van der Waals surface area contributed by atoms with E-state index in [0.717, 1.165) is 19.6 Å². The number of hydrogen-bond acceptors (Lipinski definition) is 2. The SMILES string of the molecule is CC(C)N(CCNCc1c[nH]c2ccccc12)C(C)C. The fraction of sp³-hybridized carbons (Fsp3) is 0.529. The molecule has 0 amide bonds. The Balaban J connectivity index is 1.84. The van der Waals surface area contributed by atoms with E-state index in [2.05, 4.69) is 73.4 Å². The number of nitrogens with zero attached hydrogens (tertiary/aromatic N) is 1. The number of benzene rings is 1. The highest BCUT2D eigenvalue weighted by atomic mass is 15.2. The van der Waals surface area contributed by atoms with Crippen LogP contribution in [0.3, 0.4) is 0 Å². The predicted octanol–water partition coefficient (Wildman–Crippen LogP) is 3.38. The van der Waals surface area contributed by atoms with Crippen molar-refractivity contribution in [3.05, 3.63) is 36.0 Å². The van der Waals surface area contributed by atoms with Crippen LogP contribution < -0.4 is 5.32 Å². The molecule has 0 fully saturated rings. The molecule has 2 rings (SSSR count). The number of fused-ring (bicyclic) bond motifs is 1. The summed E-state index contributed by atoms with van der Waals surface area (Å²) in [6.07, 6.45) is 2.11. The van der Waals surface area contributed by atoms with Crippen LogP contribution in [0.15, 0.2) is 30.5 Å². The van der Waals surface area contributed by atoms with E-state index in [-0.39, 0.29) is 0 Å². The number of aromatic amines is 1. The van der Waals surface area contributed by atoms with Crippen molar-refractivity contribution in [1.29, 1.82) is 0 Å². The molecule has 0 spiro atoms. The van der Waals surface area contributed by atoms with Gasteiger partial charge in [0.05, 0.1) is 0 Å². The molecule has 0 atom stereocenters. The molecule has 0 unspecified atom stereocenters. The first-order valence-electron chi connectivity index (χ1n) is 7.61. The van der Waals surface area contributed by atoms with Crippen molar-refractivity contribution >= 4 is 10.9 Å². The summed E-state index contributed by atoms with van der Waals surface area (Å²) in [6, 6.07) is 9.67. The van der Waals surface area contributed by atoms with E-state index in [1.165, 1.54) is 16.5 Å². The molecule has 1 aromatic carbocycles. The molecule has 110 valence electrons. The second-order valence-corrected chi connectivity index (χ2v) is 5.96. The number of aromatic nitrogens is 1. The van der Waals surface area contributed by atoms with Gasteiger partial charge in [-0.15, -0.1) is 0 Å². The van der Waals surface area contributed by atoms with Gasteiger partial charge in [-0.25, -0.2) is 0 Å². The van der Waals surface area contributed by atoms with Gasteiger partial charge in [-0.2, -0.15) is 0 Å². The van der Waals surface area contributed by atoms with E-state index in [0.29, 0.717) is 12.1 Å². The van der Waals surface area contributed by atoms with E-state index in [1.54, 1.807) is 0 Å². The molecule has 0 aliphatic carbocycles. The van der Waals surface area contributed by atoms with E-state index in [1.807, 2.05) is 0 Å². The summed E-state index contributed by atoms with van der Waals surface area (Å²) in [5.74, 6) is 0. The molecule has 0 bridgehead atoms. The lowest BCUT2D eigenvalue weighted by Gasteiger charge is -2.30. The molecule has 1 aromatic heterocycles. The van der Waals surface area contributed by atoms with Gasteiger partial charge in [-0.05, 0) is 39.3 Å². The van der Waals surface area contributed by atoms with Crippen molar-refractivity contribution in [3.63, 3.8) is 0 Å². The first kappa shape index (κ1) is 15.1. The topological polar surface area (TPSA) is 31.1 Å². The van der Waals surface area contributed by atoms with Crippen LogP contribution in [0.2, 0.25) is 0 Å². The first-order chi connectivity index (χ1) is 9.59. The minimum atomic E-state index is 0.602. The molecule has 0 aliphatic rings. The highest BCUT2D eigenvalue weighted by molar-refractivity contribution is 5.82. The number of para-hydroxylation sites is 1. The van der Waals surface area contributed by atoms with E-state index >= 15 is 0 Å². The van der Waals surface area contributed by atoms with Crippen molar-refractivity contribution in [2.24, 2.45) is 0 Å². The molecule has 20 heavy (non-hydrogen) atoms. The molecule has 2 N–H and O–H groups in total. The molecule has 0 radical (unpaired) electrons. The quantitative estimate of drug-likeness (QED) is 0.758. The van der Waals surface area contributed by atoms with E-state index in [4.69, 9.17) is 0 Å². The normalized spacial score (nSPS) is 12.2. The van der Waals surface area contributed by atoms with Crippen molar-refractivity contribution < 1.29 is 0 Å². The first-order valence-corrected chi connectivity index (χ1v) is 7.61. The van der Waals surface area contributed by atoms with Gasteiger partial charge >= 0.3 is 0 Å². The van der Waals surface area contributed by atoms with Crippen LogP contribution in [-0.2, 0) is 6.54 Å². The van der Waals surface area contributed by atoms with Crippen LogP contribution in [0.4, 0.5) is 0 Å². The highest BCUT2D eigenvalue weighted by Crippen LogP contribution is 2.17. The van der Waals surface area contributed by atoms with Gasteiger partial charge in [0.2, 0.25) is 0 Å². The molecular weight excluding hydrogens is 246 g/mol. The van der Waals surface area contributed by atoms with Gasteiger partial charge in [0.15, 0.2) is 0 Å². The Hall–Kier alpha value is -1.32. The molecule has 3 nitrogen and oxygen atoms in total. The molecular formula is C17H27N3. The Morgan fingerprint density at radius 3 is 2.50 bits per heavy atom. The van der Waals surface area contributed by atoms with Crippen LogP contribution in [0, 0.1) is 0 Å². The molecule has 0 aliphatic heterocycles. The van der Waals surface area contributed by atoms with Crippen molar-refractivity contribution in [2.45, 2.75) is 46.3 Å². The van der Waals surface area contributed by atoms with Gasteiger partial charge in [0.25, 0.3) is 0 Å². The Labute approximate surface area is 122 Å². The average Bonchev–Trinajstić information content (AvgIpc) is 2.81. The summed E-state index contributed by atoms with van der Waals surface area (Å²) in [5.41, 5.74) is 2.57. The zero-order valence-corrected chi connectivity index (χ0v) is 13.1. The fourth-order valence-corrected chi connectivity index (χ4v) is 2.82. The second-order valence-electron chi connectivity index (χ2n) is 5.96. The van der Waals surface area contributed by atoms with Crippen LogP contribution >= 0.6 is 0 Å². The maximum atomic E-state index is 3.56. The van der Waals surface area contributed by atoms with Crippen LogP contribution in [0.1, 0.15) is 33.3 Å². The Kier molecular flexibility index (Phi) is 5.21. The Morgan fingerprint density at radius 2 is 1.80 bits per heavy atom.